The molecule has 1 atom stereocenters. The van der Waals surface area contributed by atoms with E-state index in [0.29, 0.717) is 6.10 Å². The Labute approximate surface area is 81.4 Å². The van der Waals surface area contributed by atoms with E-state index < -0.39 is 0 Å². The van der Waals surface area contributed by atoms with Crippen molar-refractivity contribution >= 4 is 0 Å². The van der Waals surface area contributed by atoms with E-state index in [-0.39, 0.29) is 0 Å². The Kier molecular flexibility index (Phi) is 5.35. The summed E-state index contributed by atoms with van der Waals surface area (Å²) in [6.07, 6.45) is 4.10. The minimum Gasteiger partial charge on any atom is -0.377 e. The quantitative estimate of drug-likeness (QED) is 0.640. The third-order valence-corrected chi connectivity index (χ3v) is 2.35. The van der Waals surface area contributed by atoms with Crippen LogP contribution in [0, 0.1) is 0 Å². The van der Waals surface area contributed by atoms with Gasteiger partial charge in [-0.05, 0) is 46.4 Å². The van der Waals surface area contributed by atoms with Crippen LogP contribution in [0.1, 0.15) is 19.3 Å². The standard InChI is InChI=1S/C10H22N2O/c1-12(2)7-4-8-13-10-5-3-6-11-9-10/h10-11H,3-9H2,1-2H3. The fourth-order valence-electron chi connectivity index (χ4n) is 1.59. The highest BCUT2D eigenvalue weighted by Gasteiger charge is 2.12. The Morgan fingerprint density at radius 1 is 1.46 bits per heavy atom. The Hall–Kier alpha value is -0.120. The number of ether oxygens (including phenoxy) is 1. The monoisotopic (exact) mass is 186 g/mol. The molecule has 1 heterocycles. The van der Waals surface area contributed by atoms with Gasteiger partial charge in [-0.25, -0.2) is 0 Å². The largest absolute Gasteiger partial charge is 0.377 e. The summed E-state index contributed by atoms with van der Waals surface area (Å²) in [4.78, 5) is 2.20. The van der Waals surface area contributed by atoms with Crippen molar-refractivity contribution in [1.29, 1.82) is 0 Å². The first kappa shape index (κ1) is 11.0. The molecule has 0 aromatic carbocycles. The van der Waals surface area contributed by atoms with Gasteiger partial charge in [0.2, 0.25) is 0 Å². The van der Waals surface area contributed by atoms with Crippen LogP contribution in [0.3, 0.4) is 0 Å². The highest BCUT2D eigenvalue weighted by atomic mass is 16.5. The van der Waals surface area contributed by atoms with Crippen LogP contribution >= 0.6 is 0 Å². The zero-order valence-corrected chi connectivity index (χ0v) is 8.88. The lowest BCUT2D eigenvalue weighted by Gasteiger charge is -2.23. The highest BCUT2D eigenvalue weighted by molar-refractivity contribution is 4.68. The number of hydrogen-bond donors (Lipinski definition) is 1. The fourth-order valence-corrected chi connectivity index (χ4v) is 1.59. The van der Waals surface area contributed by atoms with Gasteiger partial charge in [0.05, 0.1) is 6.10 Å². The van der Waals surface area contributed by atoms with Gasteiger partial charge in [0.1, 0.15) is 0 Å². The second kappa shape index (κ2) is 6.35. The summed E-state index contributed by atoms with van der Waals surface area (Å²) < 4.78 is 5.74. The zero-order chi connectivity index (χ0) is 9.52. The van der Waals surface area contributed by atoms with Crippen LogP contribution in [-0.2, 0) is 4.74 Å². The summed E-state index contributed by atoms with van der Waals surface area (Å²) in [5, 5.41) is 3.35. The topological polar surface area (TPSA) is 24.5 Å². The second-order valence-electron chi connectivity index (χ2n) is 4.00. The lowest BCUT2D eigenvalue weighted by Crippen LogP contribution is -2.35. The summed E-state index contributed by atoms with van der Waals surface area (Å²) in [5.41, 5.74) is 0. The molecule has 0 spiro atoms. The number of nitrogens with one attached hydrogen (secondary N) is 1. The normalized spacial score (nSPS) is 23.8. The minimum absolute atomic E-state index is 0.468. The van der Waals surface area contributed by atoms with Crippen molar-refractivity contribution in [2.45, 2.75) is 25.4 Å². The molecule has 1 N–H and O–H groups in total. The van der Waals surface area contributed by atoms with Crippen LogP contribution in [0.25, 0.3) is 0 Å². The number of rotatable bonds is 5. The Morgan fingerprint density at radius 3 is 2.92 bits per heavy atom. The summed E-state index contributed by atoms with van der Waals surface area (Å²) in [6.45, 7) is 4.24. The molecule has 0 amide bonds. The molecule has 13 heavy (non-hydrogen) atoms. The first-order valence-corrected chi connectivity index (χ1v) is 5.26. The third kappa shape index (κ3) is 5.24. The van der Waals surface area contributed by atoms with Gasteiger partial charge in [-0.2, -0.15) is 0 Å². The van der Waals surface area contributed by atoms with Gasteiger partial charge >= 0.3 is 0 Å². The van der Waals surface area contributed by atoms with Crippen molar-refractivity contribution in [2.24, 2.45) is 0 Å². The first-order chi connectivity index (χ1) is 6.29. The third-order valence-electron chi connectivity index (χ3n) is 2.35. The molecule has 1 rings (SSSR count). The molecule has 1 saturated heterocycles. The number of nitrogens with zero attached hydrogens (tertiary/aromatic N) is 1. The van der Waals surface area contributed by atoms with Gasteiger partial charge in [0.25, 0.3) is 0 Å². The lowest BCUT2D eigenvalue weighted by molar-refractivity contribution is 0.0333. The van der Waals surface area contributed by atoms with Crippen LogP contribution in [0.4, 0.5) is 0 Å². The molecule has 0 bridgehead atoms. The average Bonchev–Trinajstić information content (AvgIpc) is 2.14. The first-order valence-electron chi connectivity index (χ1n) is 5.26. The average molecular weight is 186 g/mol. The van der Waals surface area contributed by atoms with E-state index in [4.69, 9.17) is 4.74 Å². The molecule has 1 aliphatic heterocycles. The van der Waals surface area contributed by atoms with Crippen molar-refractivity contribution in [3.05, 3.63) is 0 Å². The zero-order valence-electron chi connectivity index (χ0n) is 8.88. The minimum atomic E-state index is 0.468. The molecule has 0 aromatic rings. The molecule has 3 nitrogen and oxygen atoms in total. The Balaban J connectivity index is 1.92. The summed E-state index contributed by atoms with van der Waals surface area (Å²) >= 11 is 0. The number of piperidine rings is 1. The predicted octanol–water partition coefficient (Wildman–Crippen LogP) is 0.707. The van der Waals surface area contributed by atoms with Crippen LogP contribution in [0.5, 0.6) is 0 Å². The van der Waals surface area contributed by atoms with Crippen LogP contribution in [-0.4, -0.2) is 51.3 Å². The van der Waals surface area contributed by atoms with E-state index in [9.17, 15) is 0 Å². The van der Waals surface area contributed by atoms with E-state index in [1.54, 1.807) is 0 Å². The van der Waals surface area contributed by atoms with Gasteiger partial charge in [-0.3, -0.25) is 0 Å². The lowest BCUT2D eigenvalue weighted by atomic mass is 10.1. The highest BCUT2D eigenvalue weighted by Crippen LogP contribution is 2.05. The van der Waals surface area contributed by atoms with Gasteiger partial charge in [0.15, 0.2) is 0 Å². The van der Waals surface area contributed by atoms with E-state index in [1.807, 2.05) is 0 Å². The fraction of sp³-hybridized carbons (Fsp3) is 1.00. The maximum absolute atomic E-state index is 5.74. The van der Waals surface area contributed by atoms with E-state index in [0.717, 1.165) is 32.7 Å². The predicted molar refractivity (Wildman–Crippen MR) is 55.0 cm³/mol. The molecule has 0 aliphatic carbocycles. The second-order valence-corrected chi connectivity index (χ2v) is 4.00. The van der Waals surface area contributed by atoms with Gasteiger partial charge in [-0.1, -0.05) is 0 Å². The van der Waals surface area contributed by atoms with Crippen molar-refractivity contribution in [3.63, 3.8) is 0 Å². The molecule has 1 unspecified atom stereocenters. The summed E-state index contributed by atoms with van der Waals surface area (Å²) in [7, 11) is 4.20. The van der Waals surface area contributed by atoms with E-state index in [2.05, 4.69) is 24.3 Å². The van der Waals surface area contributed by atoms with Crippen LogP contribution in [0.2, 0.25) is 0 Å². The molecule has 1 aliphatic rings. The SMILES string of the molecule is CN(C)CCCOC1CCCNC1. The molecule has 78 valence electrons. The number of hydrogen-bond acceptors (Lipinski definition) is 3. The van der Waals surface area contributed by atoms with Crippen molar-refractivity contribution < 1.29 is 4.74 Å². The molecule has 0 radical (unpaired) electrons. The van der Waals surface area contributed by atoms with Gasteiger partial charge in [-0.15, -0.1) is 0 Å². The Bertz CT molecular complexity index is 122. The maximum Gasteiger partial charge on any atom is 0.0699 e. The molecule has 0 saturated carbocycles. The smallest absolute Gasteiger partial charge is 0.0699 e. The van der Waals surface area contributed by atoms with E-state index >= 15 is 0 Å². The summed E-state index contributed by atoms with van der Waals surface area (Å²) in [5.74, 6) is 0. The van der Waals surface area contributed by atoms with Crippen LogP contribution in [0.15, 0.2) is 0 Å². The molecule has 3 heteroatoms. The summed E-state index contributed by atoms with van der Waals surface area (Å²) in [6, 6.07) is 0. The van der Waals surface area contributed by atoms with Gasteiger partial charge in [0, 0.05) is 13.2 Å². The molecule has 1 fully saturated rings. The molecule has 0 aromatic heterocycles. The molecular weight excluding hydrogens is 164 g/mol. The Morgan fingerprint density at radius 2 is 2.31 bits per heavy atom. The van der Waals surface area contributed by atoms with Gasteiger partial charge < -0.3 is 15.0 Å². The van der Waals surface area contributed by atoms with Crippen molar-refractivity contribution in [2.75, 3.05) is 40.3 Å². The van der Waals surface area contributed by atoms with E-state index in [1.165, 1.54) is 12.8 Å². The van der Waals surface area contributed by atoms with Crippen molar-refractivity contribution in [1.82, 2.24) is 10.2 Å². The molecular formula is C10H22N2O. The van der Waals surface area contributed by atoms with Crippen molar-refractivity contribution in [3.8, 4) is 0 Å². The van der Waals surface area contributed by atoms with Crippen LogP contribution < -0.4 is 5.32 Å². The maximum atomic E-state index is 5.74.